The highest BCUT2D eigenvalue weighted by Gasteiger charge is 2.02. The molecule has 0 fully saturated rings. The van der Waals surface area contributed by atoms with Crippen LogP contribution in [0.25, 0.3) is 0 Å². The number of rotatable bonds is 5. The summed E-state index contributed by atoms with van der Waals surface area (Å²) in [5.74, 6) is 1.01. The second-order valence-corrected chi connectivity index (χ2v) is 5.30. The lowest BCUT2D eigenvalue weighted by atomic mass is 10.1. The summed E-state index contributed by atoms with van der Waals surface area (Å²) in [7, 11) is 0. The molecule has 2 heteroatoms. The number of anilines is 1. The van der Waals surface area contributed by atoms with Crippen LogP contribution in [0.1, 0.15) is 22.3 Å². The van der Waals surface area contributed by atoms with Gasteiger partial charge in [-0.3, -0.25) is 0 Å². The lowest BCUT2D eigenvalue weighted by Gasteiger charge is -2.13. The Kier molecular flexibility index (Phi) is 4.67. The van der Waals surface area contributed by atoms with Crippen molar-refractivity contribution < 1.29 is 4.74 Å². The van der Waals surface area contributed by atoms with Gasteiger partial charge in [0, 0.05) is 12.2 Å². The van der Waals surface area contributed by atoms with Crippen molar-refractivity contribution in [2.75, 3.05) is 18.5 Å². The number of ether oxygens (including phenoxy) is 1. The predicted molar refractivity (Wildman–Crippen MR) is 85.8 cm³/mol. The summed E-state index contributed by atoms with van der Waals surface area (Å²) in [5, 5.41) is 3.40. The number of aryl methyl sites for hydroxylation is 4. The predicted octanol–water partition coefficient (Wildman–Crippen LogP) is 4.41. The lowest BCUT2D eigenvalue weighted by molar-refractivity contribution is 0.328. The summed E-state index contributed by atoms with van der Waals surface area (Å²) in [4.78, 5) is 0. The van der Waals surface area contributed by atoms with Gasteiger partial charge in [-0.15, -0.1) is 0 Å². The molecule has 0 saturated carbocycles. The second-order valence-electron chi connectivity index (χ2n) is 5.30. The van der Waals surface area contributed by atoms with Crippen LogP contribution in [0.15, 0.2) is 36.4 Å². The number of benzene rings is 2. The fraction of sp³-hybridized carbons (Fsp3) is 0.333. The SMILES string of the molecule is Cc1ccc(NCCOc2c(C)cccc2C)cc1C. The third-order valence-corrected chi connectivity index (χ3v) is 3.59. The molecule has 0 unspecified atom stereocenters. The minimum atomic E-state index is 0.665. The average Bonchev–Trinajstić information content (AvgIpc) is 2.41. The Bertz CT molecular complexity index is 570. The first-order chi connectivity index (χ1) is 9.58. The molecule has 0 amide bonds. The van der Waals surface area contributed by atoms with Crippen molar-refractivity contribution in [1.29, 1.82) is 0 Å². The Labute approximate surface area is 121 Å². The van der Waals surface area contributed by atoms with Crippen LogP contribution >= 0.6 is 0 Å². The molecule has 2 nitrogen and oxygen atoms in total. The second kappa shape index (κ2) is 6.47. The highest BCUT2D eigenvalue weighted by molar-refractivity contribution is 5.48. The van der Waals surface area contributed by atoms with Gasteiger partial charge < -0.3 is 10.1 Å². The van der Waals surface area contributed by atoms with Crippen LogP contribution in [0.3, 0.4) is 0 Å². The molecule has 20 heavy (non-hydrogen) atoms. The molecule has 106 valence electrons. The van der Waals surface area contributed by atoms with Gasteiger partial charge in [-0.1, -0.05) is 24.3 Å². The number of nitrogens with one attached hydrogen (secondary N) is 1. The first kappa shape index (κ1) is 14.4. The summed E-state index contributed by atoms with van der Waals surface area (Å²) in [6.45, 7) is 9.89. The lowest BCUT2D eigenvalue weighted by Crippen LogP contribution is -2.12. The first-order valence-corrected chi connectivity index (χ1v) is 7.08. The van der Waals surface area contributed by atoms with Gasteiger partial charge in [0.1, 0.15) is 12.4 Å². The molecule has 0 aromatic heterocycles. The van der Waals surface area contributed by atoms with Crippen LogP contribution in [0, 0.1) is 27.7 Å². The summed E-state index contributed by atoms with van der Waals surface area (Å²) in [6, 6.07) is 12.7. The molecular weight excluding hydrogens is 246 g/mol. The van der Waals surface area contributed by atoms with Crippen molar-refractivity contribution in [3.63, 3.8) is 0 Å². The Morgan fingerprint density at radius 1 is 0.850 bits per heavy atom. The molecule has 0 aliphatic carbocycles. The summed E-state index contributed by atoms with van der Waals surface area (Å²) >= 11 is 0. The van der Waals surface area contributed by atoms with E-state index in [-0.39, 0.29) is 0 Å². The van der Waals surface area contributed by atoms with Crippen molar-refractivity contribution >= 4 is 5.69 Å². The van der Waals surface area contributed by atoms with Crippen LogP contribution in [0.5, 0.6) is 5.75 Å². The molecule has 2 aromatic rings. The van der Waals surface area contributed by atoms with Gasteiger partial charge in [-0.25, -0.2) is 0 Å². The normalized spacial score (nSPS) is 10.4. The van der Waals surface area contributed by atoms with E-state index in [0.717, 1.165) is 18.0 Å². The standard InChI is InChI=1S/C18H23NO/c1-13-8-9-17(12-16(13)4)19-10-11-20-18-14(2)6-5-7-15(18)3/h5-9,12,19H,10-11H2,1-4H3. The van der Waals surface area contributed by atoms with Gasteiger partial charge in [0.15, 0.2) is 0 Å². The topological polar surface area (TPSA) is 21.3 Å². The minimum Gasteiger partial charge on any atom is -0.491 e. The third-order valence-electron chi connectivity index (χ3n) is 3.59. The molecule has 0 aliphatic heterocycles. The maximum atomic E-state index is 5.88. The zero-order valence-corrected chi connectivity index (χ0v) is 12.8. The van der Waals surface area contributed by atoms with E-state index >= 15 is 0 Å². The molecule has 0 spiro atoms. The molecular formula is C18H23NO. The molecule has 0 atom stereocenters. The monoisotopic (exact) mass is 269 g/mol. The number of para-hydroxylation sites is 1. The first-order valence-electron chi connectivity index (χ1n) is 7.08. The quantitative estimate of drug-likeness (QED) is 0.812. The fourth-order valence-electron chi connectivity index (χ4n) is 2.23. The number of hydrogen-bond donors (Lipinski definition) is 1. The Hall–Kier alpha value is -1.96. The zero-order chi connectivity index (χ0) is 14.5. The van der Waals surface area contributed by atoms with Crippen LogP contribution < -0.4 is 10.1 Å². The van der Waals surface area contributed by atoms with E-state index in [0.29, 0.717) is 6.61 Å². The Morgan fingerprint density at radius 3 is 2.20 bits per heavy atom. The van der Waals surface area contributed by atoms with E-state index in [9.17, 15) is 0 Å². The van der Waals surface area contributed by atoms with E-state index < -0.39 is 0 Å². The molecule has 0 saturated heterocycles. The smallest absolute Gasteiger partial charge is 0.125 e. The van der Waals surface area contributed by atoms with Crippen molar-refractivity contribution in [2.45, 2.75) is 27.7 Å². The highest BCUT2D eigenvalue weighted by Crippen LogP contribution is 2.22. The van der Waals surface area contributed by atoms with E-state index in [1.165, 1.54) is 22.3 Å². The van der Waals surface area contributed by atoms with Crippen LogP contribution in [-0.2, 0) is 0 Å². The van der Waals surface area contributed by atoms with Gasteiger partial charge >= 0.3 is 0 Å². The zero-order valence-electron chi connectivity index (χ0n) is 12.8. The van der Waals surface area contributed by atoms with Gasteiger partial charge in [0.05, 0.1) is 0 Å². The molecule has 0 radical (unpaired) electrons. The van der Waals surface area contributed by atoms with Crippen LogP contribution in [-0.4, -0.2) is 13.2 Å². The van der Waals surface area contributed by atoms with Crippen LogP contribution in [0.4, 0.5) is 5.69 Å². The molecule has 2 aromatic carbocycles. The average molecular weight is 269 g/mol. The van der Waals surface area contributed by atoms with E-state index in [1.54, 1.807) is 0 Å². The minimum absolute atomic E-state index is 0.665. The summed E-state index contributed by atoms with van der Waals surface area (Å²) in [6.07, 6.45) is 0. The Morgan fingerprint density at radius 2 is 1.55 bits per heavy atom. The molecule has 2 rings (SSSR count). The van der Waals surface area contributed by atoms with Gasteiger partial charge in [0.2, 0.25) is 0 Å². The van der Waals surface area contributed by atoms with Crippen molar-refractivity contribution in [2.24, 2.45) is 0 Å². The van der Waals surface area contributed by atoms with E-state index in [1.807, 2.05) is 0 Å². The van der Waals surface area contributed by atoms with E-state index in [4.69, 9.17) is 4.74 Å². The van der Waals surface area contributed by atoms with E-state index in [2.05, 4.69) is 69.4 Å². The molecule has 0 heterocycles. The summed E-state index contributed by atoms with van der Waals surface area (Å²) < 4.78 is 5.88. The largest absolute Gasteiger partial charge is 0.491 e. The maximum absolute atomic E-state index is 5.88. The Balaban J connectivity index is 1.86. The third kappa shape index (κ3) is 3.53. The van der Waals surface area contributed by atoms with Crippen LogP contribution in [0.2, 0.25) is 0 Å². The van der Waals surface area contributed by atoms with Gasteiger partial charge in [-0.05, 0) is 62.1 Å². The highest BCUT2D eigenvalue weighted by atomic mass is 16.5. The molecule has 0 aliphatic rings. The maximum Gasteiger partial charge on any atom is 0.125 e. The fourth-order valence-corrected chi connectivity index (χ4v) is 2.23. The molecule has 1 N–H and O–H groups in total. The van der Waals surface area contributed by atoms with Gasteiger partial charge in [0.25, 0.3) is 0 Å². The van der Waals surface area contributed by atoms with Gasteiger partial charge in [-0.2, -0.15) is 0 Å². The van der Waals surface area contributed by atoms with Crippen molar-refractivity contribution in [3.05, 3.63) is 58.7 Å². The number of hydrogen-bond acceptors (Lipinski definition) is 2. The van der Waals surface area contributed by atoms with Crippen molar-refractivity contribution in [3.8, 4) is 5.75 Å². The molecule has 0 bridgehead atoms. The van der Waals surface area contributed by atoms with Crippen molar-refractivity contribution in [1.82, 2.24) is 0 Å². The summed E-state index contributed by atoms with van der Waals surface area (Å²) in [5.41, 5.74) is 6.17.